The molecule has 254 valence electrons. The number of carbonyl (C=O) groups excluding carboxylic acids is 4. The predicted octanol–water partition coefficient (Wildman–Crippen LogP) is 4.59. The van der Waals surface area contributed by atoms with E-state index in [0.717, 1.165) is 24.0 Å². The Morgan fingerprint density at radius 1 is 0.959 bits per heavy atom. The Balaban J connectivity index is 1.00. The number of esters is 1. The zero-order valence-corrected chi connectivity index (χ0v) is 27.7. The van der Waals surface area contributed by atoms with Gasteiger partial charge in [-0.05, 0) is 49.1 Å². The van der Waals surface area contributed by atoms with Crippen molar-refractivity contribution in [3.05, 3.63) is 71.9 Å². The molecule has 1 saturated heterocycles. The summed E-state index contributed by atoms with van der Waals surface area (Å²) in [5, 5.41) is 5.55. The van der Waals surface area contributed by atoms with Crippen LogP contribution in [0.1, 0.15) is 57.1 Å². The van der Waals surface area contributed by atoms with Gasteiger partial charge in [0.15, 0.2) is 17.3 Å². The molecule has 49 heavy (non-hydrogen) atoms. The Morgan fingerprint density at radius 3 is 2.51 bits per heavy atom. The van der Waals surface area contributed by atoms with Crippen LogP contribution in [0.15, 0.2) is 59.9 Å². The Morgan fingerprint density at radius 2 is 1.76 bits per heavy atom. The van der Waals surface area contributed by atoms with Gasteiger partial charge in [0, 0.05) is 63.0 Å². The molecule has 2 aliphatic heterocycles. The minimum atomic E-state index is -0.446. The van der Waals surface area contributed by atoms with Gasteiger partial charge in [0.25, 0.3) is 11.8 Å². The van der Waals surface area contributed by atoms with Crippen LogP contribution in [0.25, 0.3) is 11.1 Å². The van der Waals surface area contributed by atoms with Crippen LogP contribution in [-0.2, 0) is 23.6 Å². The second-order valence-electron chi connectivity index (χ2n) is 11.8. The number of carbonyl (C=O) groups is 4. The zero-order valence-electron chi connectivity index (χ0n) is 27.7. The first kappa shape index (κ1) is 33.0. The molecule has 0 unspecified atom stereocenters. The van der Waals surface area contributed by atoms with Crippen molar-refractivity contribution < 1.29 is 33.4 Å². The van der Waals surface area contributed by atoms with E-state index in [2.05, 4.69) is 20.6 Å². The molecule has 3 amide bonds. The number of aliphatic imine (C=N–C) groups is 1. The Labute approximate surface area is 282 Å². The third-order valence-corrected chi connectivity index (χ3v) is 8.49. The van der Waals surface area contributed by atoms with E-state index in [0.29, 0.717) is 47.1 Å². The number of rotatable bonds is 11. The third-order valence-electron chi connectivity index (χ3n) is 8.49. The van der Waals surface area contributed by atoms with Gasteiger partial charge in [-0.25, -0.2) is 9.78 Å². The number of methoxy groups -OCH3 is 2. The van der Waals surface area contributed by atoms with E-state index >= 15 is 0 Å². The first-order valence-corrected chi connectivity index (χ1v) is 15.8. The Hall–Kier alpha value is -5.92. The molecule has 0 radical (unpaired) electrons. The number of nitrogens with zero attached hydrogens (tertiary/aromatic N) is 5. The number of fused-ring (bicyclic) bond motifs is 2. The van der Waals surface area contributed by atoms with E-state index in [9.17, 15) is 19.2 Å². The summed E-state index contributed by atoms with van der Waals surface area (Å²) in [6.07, 6.45) is 7.60. The van der Waals surface area contributed by atoms with Crippen LogP contribution in [0.5, 0.6) is 11.5 Å². The fourth-order valence-electron chi connectivity index (χ4n) is 5.94. The lowest BCUT2D eigenvalue weighted by molar-refractivity contribution is -0.116. The molecule has 0 aliphatic carbocycles. The minimum Gasteiger partial charge on any atom is -0.493 e. The molecule has 4 aromatic rings. The van der Waals surface area contributed by atoms with Crippen molar-refractivity contribution in [3.8, 4) is 22.6 Å². The van der Waals surface area contributed by atoms with Gasteiger partial charge in [0.2, 0.25) is 11.7 Å². The number of aromatic nitrogens is 3. The van der Waals surface area contributed by atoms with Crippen molar-refractivity contribution in [3.63, 3.8) is 0 Å². The summed E-state index contributed by atoms with van der Waals surface area (Å²) in [6.45, 7) is 0.929. The number of nitrogens with one attached hydrogen (secondary N) is 2. The second kappa shape index (κ2) is 14.1. The molecular weight excluding hydrogens is 630 g/mol. The van der Waals surface area contributed by atoms with Crippen molar-refractivity contribution in [2.75, 3.05) is 38.0 Å². The summed E-state index contributed by atoms with van der Waals surface area (Å²) in [7, 11) is 6.28. The van der Waals surface area contributed by atoms with Gasteiger partial charge in [-0.1, -0.05) is 12.1 Å². The average molecular weight is 668 g/mol. The average Bonchev–Trinajstić information content (AvgIpc) is 3.81. The predicted molar refractivity (Wildman–Crippen MR) is 182 cm³/mol. The molecule has 2 aromatic carbocycles. The summed E-state index contributed by atoms with van der Waals surface area (Å²) in [6, 6.07) is 12.3. The van der Waals surface area contributed by atoms with Gasteiger partial charge in [-0.15, -0.1) is 0 Å². The van der Waals surface area contributed by atoms with Crippen molar-refractivity contribution in [2.24, 2.45) is 19.1 Å². The summed E-state index contributed by atoms with van der Waals surface area (Å²) < 4.78 is 19.5. The standard InChI is InChI=1S/C35H37N7O7/c1-40-19-22(15-27(40)35(46)48-4)21-9-11-23(12-10-21)37-33(44)32-39-30(20-41(32)2)38-31(43)8-6-14-49-29-17-26-25(16-28(29)47-3)34(45)42-13-5-7-24(42)18-36-26/h9-12,15-20,24H,5-8,13-14H2,1-4H3,(H,37,44)(H,38,43)/t24-/m0/s1. The molecule has 14 heteroatoms. The molecule has 14 nitrogen and oxygen atoms in total. The molecule has 2 aromatic heterocycles. The van der Waals surface area contributed by atoms with E-state index < -0.39 is 11.9 Å². The molecular formula is C35H37N7O7. The number of hydrogen-bond acceptors (Lipinski definition) is 9. The van der Waals surface area contributed by atoms with Gasteiger partial charge in [0.1, 0.15) is 5.69 Å². The monoisotopic (exact) mass is 667 g/mol. The zero-order chi connectivity index (χ0) is 34.7. The SMILES string of the molecule is COC(=O)c1cc(-c2ccc(NC(=O)c3nc(NC(=O)CCCOc4cc5c(cc4OC)C(=O)N4CCC[C@H]4C=N5)cn3C)cc2)cn1C. The summed E-state index contributed by atoms with van der Waals surface area (Å²) in [5.41, 5.74) is 3.68. The van der Waals surface area contributed by atoms with Crippen LogP contribution in [0.3, 0.4) is 0 Å². The van der Waals surface area contributed by atoms with Crippen molar-refractivity contribution in [2.45, 2.75) is 31.7 Å². The molecule has 0 bridgehead atoms. The number of benzene rings is 2. The molecule has 2 N–H and O–H groups in total. The Kier molecular flexibility index (Phi) is 9.47. The lowest BCUT2D eigenvalue weighted by Crippen LogP contribution is -2.35. The fraction of sp³-hybridized carbons (Fsp3) is 0.314. The lowest BCUT2D eigenvalue weighted by Gasteiger charge is -2.20. The van der Waals surface area contributed by atoms with Crippen LogP contribution >= 0.6 is 0 Å². The van der Waals surface area contributed by atoms with E-state index in [1.807, 2.05) is 29.4 Å². The third kappa shape index (κ3) is 7.03. The smallest absolute Gasteiger partial charge is 0.354 e. The van der Waals surface area contributed by atoms with E-state index in [4.69, 9.17) is 14.2 Å². The van der Waals surface area contributed by atoms with E-state index in [1.54, 1.807) is 55.2 Å². The maximum atomic E-state index is 13.1. The quantitative estimate of drug-likeness (QED) is 0.174. The first-order chi connectivity index (χ1) is 23.6. The number of anilines is 2. The summed E-state index contributed by atoms with van der Waals surface area (Å²) in [4.78, 5) is 61.4. The van der Waals surface area contributed by atoms with Gasteiger partial charge in [-0.3, -0.25) is 19.4 Å². The van der Waals surface area contributed by atoms with Crippen LogP contribution in [0, 0.1) is 0 Å². The van der Waals surface area contributed by atoms with Crippen molar-refractivity contribution in [1.82, 2.24) is 19.0 Å². The van der Waals surface area contributed by atoms with Gasteiger partial charge in [-0.2, -0.15) is 0 Å². The molecule has 1 fully saturated rings. The highest BCUT2D eigenvalue weighted by Gasteiger charge is 2.32. The van der Waals surface area contributed by atoms with Gasteiger partial charge < -0.3 is 38.9 Å². The Bertz CT molecular complexity index is 1940. The maximum absolute atomic E-state index is 13.1. The molecule has 0 saturated carbocycles. The van der Waals surface area contributed by atoms with Crippen LogP contribution in [0.2, 0.25) is 0 Å². The largest absolute Gasteiger partial charge is 0.493 e. The number of ether oxygens (including phenoxy) is 3. The topological polar surface area (TPSA) is 158 Å². The summed E-state index contributed by atoms with van der Waals surface area (Å²) >= 11 is 0. The molecule has 0 spiro atoms. The normalized spacial score (nSPS) is 14.9. The van der Waals surface area contributed by atoms with Gasteiger partial charge in [0.05, 0.1) is 38.1 Å². The van der Waals surface area contributed by atoms with Crippen molar-refractivity contribution >= 4 is 47.1 Å². The lowest BCUT2D eigenvalue weighted by atomic mass is 10.1. The molecule has 1 atom stereocenters. The van der Waals surface area contributed by atoms with Crippen molar-refractivity contribution in [1.29, 1.82) is 0 Å². The second-order valence-corrected chi connectivity index (χ2v) is 11.8. The van der Waals surface area contributed by atoms with E-state index in [1.165, 1.54) is 18.8 Å². The highest BCUT2D eigenvalue weighted by molar-refractivity contribution is 6.04. The highest BCUT2D eigenvalue weighted by atomic mass is 16.5. The molecule has 6 rings (SSSR count). The summed E-state index contributed by atoms with van der Waals surface area (Å²) in [5.74, 6) is -0.00198. The highest BCUT2D eigenvalue weighted by Crippen LogP contribution is 2.38. The number of amides is 3. The van der Waals surface area contributed by atoms with Crippen LogP contribution in [-0.4, -0.2) is 82.3 Å². The number of hydrogen-bond donors (Lipinski definition) is 2. The molecule has 4 heterocycles. The van der Waals surface area contributed by atoms with Crippen LogP contribution < -0.4 is 20.1 Å². The van der Waals surface area contributed by atoms with Crippen LogP contribution in [0.4, 0.5) is 17.2 Å². The van der Waals surface area contributed by atoms with Gasteiger partial charge >= 0.3 is 5.97 Å². The fourth-order valence-corrected chi connectivity index (χ4v) is 5.94. The first-order valence-electron chi connectivity index (χ1n) is 15.8. The number of aryl methyl sites for hydroxylation is 2. The molecule has 2 aliphatic rings. The van der Waals surface area contributed by atoms with E-state index in [-0.39, 0.29) is 42.5 Å². The minimum absolute atomic E-state index is 0.00227. The maximum Gasteiger partial charge on any atom is 0.354 e. The number of imidazole rings is 1.